The highest BCUT2D eigenvalue weighted by molar-refractivity contribution is 7.21. The lowest BCUT2D eigenvalue weighted by molar-refractivity contribution is -0.115. The number of aromatic nitrogens is 1. The number of carbonyl (C=O) groups excluding carboxylic acids is 1. The van der Waals surface area contributed by atoms with Gasteiger partial charge in [-0.25, -0.2) is 0 Å². The van der Waals surface area contributed by atoms with E-state index in [-0.39, 0.29) is 5.91 Å². The van der Waals surface area contributed by atoms with Crippen molar-refractivity contribution < 1.29 is 4.79 Å². The molecule has 1 aliphatic carbocycles. The number of para-hydroxylation sites is 1. The molecule has 0 spiro atoms. The summed E-state index contributed by atoms with van der Waals surface area (Å²) in [7, 11) is 0. The Morgan fingerprint density at radius 3 is 2.65 bits per heavy atom. The fraction of sp³-hybridized carbons (Fsp3) is 0.0690. The van der Waals surface area contributed by atoms with Crippen LogP contribution in [0.1, 0.15) is 21.6 Å². The normalized spacial score (nSPS) is 13.9. The van der Waals surface area contributed by atoms with Gasteiger partial charge in [-0.1, -0.05) is 48.5 Å². The first-order valence-electron chi connectivity index (χ1n) is 11.3. The van der Waals surface area contributed by atoms with E-state index in [0.29, 0.717) is 6.54 Å². The monoisotopic (exact) mass is 478 g/mol. The Morgan fingerprint density at radius 1 is 0.912 bits per heavy atom. The maximum Gasteiger partial charge on any atom is 0.251 e. The topological polar surface area (TPSA) is 44.9 Å². The molecule has 2 N–H and O–H groups in total. The van der Waals surface area contributed by atoms with Gasteiger partial charge in [0.1, 0.15) is 0 Å². The number of H-pyrrole nitrogens is 1. The molecule has 166 valence electrons. The van der Waals surface area contributed by atoms with Gasteiger partial charge in [0.2, 0.25) is 0 Å². The predicted octanol–water partition coefficient (Wildman–Crippen LogP) is 7.25. The minimum atomic E-state index is -0.0267. The largest absolute Gasteiger partial charge is 0.361 e. The van der Waals surface area contributed by atoms with Crippen LogP contribution in [0.3, 0.4) is 0 Å². The zero-order valence-corrected chi connectivity index (χ0v) is 20.0. The number of benzene rings is 2. The number of carbonyl (C=O) groups is 1. The number of rotatable bonds is 6. The van der Waals surface area contributed by atoms with E-state index in [1.54, 1.807) is 22.7 Å². The van der Waals surface area contributed by atoms with Crippen molar-refractivity contribution in [1.29, 1.82) is 0 Å². The number of hydrogen-bond acceptors (Lipinski definition) is 3. The van der Waals surface area contributed by atoms with E-state index < -0.39 is 0 Å². The molecular weight excluding hydrogens is 456 g/mol. The van der Waals surface area contributed by atoms with Gasteiger partial charge in [-0.2, -0.15) is 0 Å². The molecule has 0 saturated heterocycles. The van der Waals surface area contributed by atoms with Crippen LogP contribution in [0.25, 0.3) is 37.9 Å². The zero-order valence-electron chi connectivity index (χ0n) is 18.4. The van der Waals surface area contributed by atoms with E-state index in [1.807, 2.05) is 42.6 Å². The van der Waals surface area contributed by atoms with E-state index in [0.717, 1.165) is 34.2 Å². The third-order valence-electron chi connectivity index (χ3n) is 6.12. The SMILES string of the molecule is O=C(NCCc1c[nH]c2ccccc12)C1=C/C(=C\c2ccc(-c3cccs3)s2)c2ccccc21. The first kappa shape index (κ1) is 20.9. The first-order valence-corrected chi connectivity index (χ1v) is 13.0. The van der Waals surface area contributed by atoms with Gasteiger partial charge in [0.15, 0.2) is 0 Å². The van der Waals surface area contributed by atoms with E-state index in [2.05, 4.69) is 64.2 Å². The second kappa shape index (κ2) is 8.93. The Kier molecular flexibility index (Phi) is 5.49. The molecule has 0 saturated carbocycles. The molecular formula is C29H22N2OS2. The first-order chi connectivity index (χ1) is 16.8. The molecule has 0 unspecified atom stereocenters. The van der Waals surface area contributed by atoms with Crippen LogP contribution in [0.2, 0.25) is 0 Å². The molecule has 0 fully saturated rings. The summed E-state index contributed by atoms with van der Waals surface area (Å²) in [6, 6.07) is 25.0. The molecule has 0 bridgehead atoms. The fourth-order valence-electron chi connectivity index (χ4n) is 4.47. The van der Waals surface area contributed by atoms with Crippen molar-refractivity contribution in [2.24, 2.45) is 0 Å². The van der Waals surface area contributed by atoms with Crippen molar-refractivity contribution in [3.05, 3.63) is 112 Å². The molecule has 6 rings (SSSR count). The summed E-state index contributed by atoms with van der Waals surface area (Å²) < 4.78 is 0. The maximum atomic E-state index is 13.1. The van der Waals surface area contributed by atoms with Crippen molar-refractivity contribution in [3.63, 3.8) is 0 Å². The van der Waals surface area contributed by atoms with Crippen molar-refractivity contribution in [1.82, 2.24) is 10.3 Å². The van der Waals surface area contributed by atoms with Crippen LogP contribution in [0.5, 0.6) is 0 Å². The van der Waals surface area contributed by atoms with E-state index >= 15 is 0 Å². The molecule has 5 aromatic rings. The highest BCUT2D eigenvalue weighted by Crippen LogP contribution is 2.38. The zero-order chi connectivity index (χ0) is 22.9. The van der Waals surface area contributed by atoms with Crippen LogP contribution >= 0.6 is 22.7 Å². The molecule has 5 heteroatoms. The number of thiophene rings is 2. The molecule has 3 aromatic heterocycles. The second-order valence-corrected chi connectivity index (χ2v) is 10.3. The number of amides is 1. The Bertz CT molecular complexity index is 1550. The van der Waals surface area contributed by atoms with Crippen LogP contribution in [0.15, 0.2) is 90.4 Å². The molecule has 1 amide bonds. The van der Waals surface area contributed by atoms with E-state index in [1.165, 1.54) is 25.6 Å². The molecule has 0 radical (unpaired) electrons. The molecule has 34 heavy (non-hydrogen) atoms. The Balaban J connectivity index is 1.21. The molecule has 1 aliphatic rings. The lowest BCUT2D eigenvalue weighted by Crippen LogP contribution is -2.26. The van der Waals surface area contributed by atoms with Crippen LogP contribution < -0.4 is 5.32 Å². The summed E-state index contributed by atoms with van der Waals surface area (Å²) in [4.78, 5) is 20.2. The summed E-state index contributed by atoms with van der Waals surface area (Å²) in [5.74, 6) is -0.0267. The number of nitrogens with one attached hydrogen (secondary N) is 2. The fourth-order valence-corrected chi connectivity index (χ4v) is 6.26. The van der Waals surface area contributed by atoms with Crippen LogP contribution in [-0.2, 0) is 11.2 Å². The standard InChI is InChI=1S/C29H22N2OS2/c32-29(30-14-13-19-18-31-26-9-4-3-7-23(19)26)25-17-20(22-6-1-2-8-24(22)25)16-21-11-12-28(34-21)27-10-5-15-33-27/h1-12,15-18,31H,13-14H2,(H,30,32)/b20-16+. The Hall–Kier alpha value is -3.67. The van der Waals surface area contributed by atoms with Gasteiger partial charge >= 0.3 is 0 Å². The average molecular weight is 479 g/mol. The number of aromatic amines is 1. The number of hydrogen-bond donors (Lipinski definition) is 2. The number of allylic oxidation sites excluding steroid dienone is 2. The average Bonchev–Trinajstić information content (AvgIpc) is 3.66. The molecule has 3 nitrogen and oxygen atoms in total. The van der Waals surface area contributed by atoms with Crippen molar-refractivity contribution in [3.8, 4) is 9.75 Å². The smallest absolute Gasteiger partial charge is 0.251 e. The second-order valence-electron chi connectivity index (χ2n) is 8.25. The van der Waals surface area contributed by atoms with Crippen molar-refractivity contribution in [2.75, 3.05) is 6.54 Å². The van der Waals surface area contributed by atoms with Gasteiger partial charge in [0.05, 0.1) is 0 Å². The summed E-state index contributed by atoms with van der Waals surface area (Å²) in [5, 5.41) is 6.45. The lowest BCUT2D eigenvalue weighted by atomic mass is 10.0. The van der Waals surface area contributed by atoms with E-state index in [4.69, 9.17) is 0 Å². The molecule has 0 aliphatic heterocycles. The third-order valence-corrected chi connectivity index (χ3v) is 8.21. The summed E-state index contributed by atoms with van der Waals surface area (Å²) in [5.41, 5.74) is 6.26. The number of fused-ring (bicyclic) bond motifs is 2. The molecule has 2 aromatic carbocycles. The van der Waals surface area contributed by atoms with Crippen LogP contribution in [-0.4, -0.2) is 17.4 Å². The van der Waals surface area contributed by atoms with Crippen molar-refractivity contribution >= 4 is 56.7 Å². The van der Waals surface area contributed by atoms with Gasteiger partial charge in [0.25, 0.3) is 5.91 Å². The third kappa shape index (κ3) is 3.94. The van der Waals surface area contributed by atoms with Crippen LogP contribution in [0, 0.1) is 0 Å². The van der Waals surface area contributed by atoms with Gasteiger partial charge < -0.3 is 10.3 Å². The summed E-state index contributed by atoms with van der Waals surface area (Å²) in [6.45, 7) is 0.592. The van der Waals surface area contributed by atoms with Gasteiger partial charge in [-0.3, -0.25) is 4.79 Å². The highest BCUT2D eigenvalue weighted by atomic mass is 32.1. The Morgan fingerprint density at radius 2 is 1.76 bits per heavy atom. The van der Waals surface area contributed by atoms with Crippen LogP contribution in [0.4, 0.5) is 0 Å². The quantitative estimate of drug-likeness (QED) is 0.265. The minimum Gasteiger partial charge on any atom is -0.361 e. The maximum absolute atomic E-state index is 13.1. The van der Waals surface area contributed by atoms with Gasteiger partial charge in [-0.15, -0.1) is 22.7 Å². The summed E-state index contributed by atoms with van der Waals surface area (Å²) >= 11 is 3.53. The molecule has 3 heterocycles. The Labute approximate surface area is 206 Å². The van der Waals surface area contributed by atoms with Crippen molar-refractivity contribution in [2.45, 2.75) is 6.42 Å². The van der Waals surface area contributed by atoms with Gasteiger partial charge in [0, 0.05) is 43.8 Å². The molecule has 0 atom stereocenters. The summed E-state index contributed by atoms with van der Waals surface area (Å²) in [6.07, 6.45) is 7.03. The predicted molar refractivity (Wildman–Crippen MR) is 145 cm³/mol. The minimum absolute atomic E-state index is 0.0267. The highest BCUT2D eigenvalue weighted by Gasteiger charge is 2.23. The van der Waals surface area contributed by atoms with E-state index in [9.17, 15) is 4.79 Å². The lowest BCUT2D eigenvalue weighted by Gasteiger charge is -2.07. The van der Waals surface area contributed by atoms with Gasteiger partial charge in [-0.05, 0) is 70.5 Å².